The minimum atomic E-state index is -3.31. The van der Waals surface area contributed by atoms with Crippen LogP contribution in [0.25, 0.3) is 0 Å². The molecule has 164 valence electrons. The summed E-state index contributed by atoms with van der Waals surface area (Å²) in [5.74, 6) is 0.380. The number of benzene rings is 1. The van der Waals surface area contributed by atoms with Crippen LogP contribution in [0.5, 0.6) is 5.75 Å². The second-order valence-corrected chi connectivity index (χ2v) is 9.74. The SMILES string of the molecule is CC[C@H]1CCCCN1CCCNC(=O)[C@@H](C)Oc1ccc(N(C)S(C)(=O)=O)cc1. The third kappa shape index (κ3) is 7.19. The number of hydrogen-bond donors (Lipinski definition) is 1. The molecule has 1 saturated heterocycles. The molecule has 1 heterocycles. The Morgan fingerprint density at radius 3 is 2.62 bits per heavy atom. The number of amides is 1. The molecule has 0 spiro atoms. The number of hydrogen-bond acceptors (Lipinski definition) is 5. The van der Waals surface area contributed by atoms with E-state index in [9.17, 15) is 13.2 Å². The molecule has 7 nitrogen and oxygen atoms in total. The third-order valence-electron chi connectivity index (χ3n) is 5.52. The summed E-state index contributed by atoms with van der Waals surface area (Å²) in [5.41, 5.74) is 0.542. The highest BCUT2D eigenvalue weighted by Crippen LogP contribution is 2.21. The van der Waals surface area contributed by atoms with Gasteiger partial charge in [0, 0.05) is 26.2 Å². The Labute approximate surface area is 175 Å². The van der Waals surface area contributed by atoms with Gasteiger partial charge in [0.25, 0.3) is 5.91 Å². The first-order valence-corrected chi connectivity index (χ1v) is 12.3. The number of piperidine rings is 1. The maximum absolute atomic E-state index is 12.3. The molecule has 2 rings (SSSR count). The molecule has 0 unspecified atom stereocenters. The predicted octanol–water partition coefficient (Wildman–Crippen LogP) is 2.62. The zero-order valence-electron chi connectivity index (χ0n) is 18.1. The number of nitrogens with one attached hydrogen (secondary N) is 1. The van der Waals surface area contributed by atoms with Gasteiger partial charge in [0.05, 0.1) is 11.9 Å². The largest absolute Gasteiger partial charge is 0.481 e. The molecule has 8 heteroatoms. The van der Waals surface area contributed by atoms with Gasteiger partial charge in [-0.05, 0) is 63.4 Å². The van der Waals surface area contributed by atoms with Gasteiger partial charge in [-0.3, -0.25) is 9.10 Å². The summed E-state index contributed by atoms with van der Waals surface area (Å²) >= 11 is 0. The molecule has 29 heavy (non-hydrogen) atoms. The Morgan fingerprint density at radius 2 is 2.00 bits per heavy atom. The summed E-state index contributed by atoms with van der Waals surface area (Å²) < 4.78 is 30.0. The van der Waals surface area contributed by atoms with Crippen molar-refractivity contribution in [1.29, 1.82) is 0 Å². The zero-order valence-corrected chi connectivity index (χ0v) is 18.9. The number of sulfonamides is 1. The van der Waals surface area contributed by atoms with Crippen LogP contribution in [0.2, 0.25) is 0 Å². The summed E-state index contributed by atoms with van der Waals surface area (Å²) in [5, 5.41) is 2.95. The Morgan fingerprint density at radius 1 is 1.31 bits per heavy atom. The fraction of sp³-hybridized carbons (Fsp3) is 0.667. The third-order valence-corrected chi connectivity index (χ3v) is 6.73. The zero-order chi connectivity index (χ0) is 21.4. The molecular weight excluding hydrogens is 390 g/mol. The number of rotatable bonds is 10. The standard InChI is InChI=1S/C21H35N3O4S/c1-5-18-9-6-7-15-24(18)16-8-14-22-21(25)17(2)28-20-12-10-19(11-13-20)23(3)29(4,26)27/h10-13,17-18H,5-9,14-16H2,1-4H3,(H,22,25)/t17-,18+/m1/s1. The van der Waals surface area contributed by atoms with E-state index in [1.807, 2.05) is 0 Å². The average Bonchev–Trinajstić information content (AvgIpc) is 2.70. The van der Waals surface area contributed by atoms with E-state index in [1.54, 1.807) is 31.2 Å². The van der Waals surface area contributed by atoms with Gasteiger partial charge in [0.1, 0.15) is 5.75 Å². The van der Waals surface area contributed by atoms with Gasteiger partial charge in [-0.15, -0.1) is 0 Å². The van der Waals surface area contributed by atoms with Gasteiger partial charge in [-0.25, -0.2) is 8.42 Å². The van der Waals surface area contributed by atoms with Crippen molar-refractivity contribution in [1.82, 2.24) is 10.2 Å². The molecule has 0 aromatic heterocycles. The molecular formula is C21H35N3O4S. The van der Waals surface area contributed by atoms with Gasteiger partial charge < -0.3 is 15.0 Å². The molecule has 1 aliphatic heterocycles. The quantitative estimate of drug-likeness (QED) is 0.583. The normalized spacial score (nSPS) is 18.8. The average molecular weight is 426 g/mol. The molecule has 1 N–H and O–H groups in total. The molecule has 1 aromatic rings. The molecule has 1 amide bonds. The van der Waals surface area contributed by atoms with Crippen LogP contribution < -0.4 is 14.4 Å². The Kier molecular flexibility index (Phi) is 8.77. The van der Waals surface area contributed by atoms with Gasteiger partial charge >= 0.3 is 0 Å². The fourth-order valence-corrected chi connectivity index (χ4v) is 4.14. The lowest BCUT2D eigenvalue weighted by Crippen LogP contribution is -2.41. The van der Waals surface area contributed by atoms with Crippen molar-refractivity contribution in [3.8, 4) is 5.75 Å². The smallest absolute Gasteiger partial charge is 0.260 e. The summed E-state index contributed by atoms with van der Waals surface area (Å²) in [6.45, 7) is 6.77. The maximum atomic E-state index is 12.3. The fourth-order valence-electron chi connectivity index (χ4n) is 3.64. The van der Waals surface area contributed by atoms with Crippen LogP contribution in [-0.4, -0.2) is 64.3 Å². The lowest BCUT2D eigenvalue weighted by Gasteiger charge is -2.35. The van der Waals surface area contributed by atoms with Gasteiger partial charge in [0.2, 0.25) is 10.0 Å². The van der Waals surface area contributed by atoms with Crippen LogP contribution in [0, 0.1) is 0 Å². The summed E-state index contributed by atoms with van der Waals surface area (Å²) in [7, 11) is -1.81. The maximum Gasteiger partial charge on any atom is 0.260 e. The van der Waals surface area contributed by atoms with Gasteiger partial charge in [-0.2, -0.15) is 0 Å². The van der Waals surface area contributed by atoms with Crippen LogP contribution in [0.15, 0.2) is 24.3 Å². The predicted molar refractivity (Wildman–Crippen MR) is 117 cm³/mol. The van der Waals surface area contributed by atoms with E-state index >= 15 is 0 Å². The number of carbonyl (C=O) groups excluding carboxylic acids is 1. The highest BCUT2D eigenvalue weighted by molar-refractivity contribution is 7.92. The van der Waals surface area contributed by atoms with E-state index in [-0.39, 0.29) is 5.91 Å². The lowest BCUT2D eigenvalue weighted by atomic mass is 10.00. The lowest BCUT2D eigenvalue weighted by molar-refractivity contribution is -0.127. The topological polar surface area (TPSA) is 79.0 Å². The molecule has 0 radical (unpaired) electrons. The molecule has 0 bridgehead atoms. The van der Waals surface area contributed by atoms with E-state index in [0.29, 0.717) is 24.0 Å². The van der Waals surface area contributed by atoms with E-state index in [0.717, 1.165) is 25.8 Å². The van der Waals surface area contributed by atoms with Crippen LogP contribution in [0.3, 0.4) is 0 Å². The van der Waals surface area contributed by atoms with Crippen LogP contribution in [0.1, 0.15) is 46.0 Å². The summed E-state index contributed by atoms with van der Waals surface area (Å²) in [6.07, 6.45) is 6.53. The Bertz CT molecular complexity index is 752. The molecule has 1 fully saturated rings. The first-order chi connectivity index (χ1) is 13.7. The number of likely N-dealkylation sites (tertiary alicyclic amines) is 1. The van der Waals surface area contributed by atoms with Crippen molar-refractivity contribution in [2.24, 2.45) is 0 Å². The van der Waals surface area contributed by atoms with Crippen molar-refractivity contribution >= 4 is 21.6 Å². The molecule has 2 atom stereocenters. The molecule has 0 aliphatic carbocycles. The van der Waals surface area contributed by atoms with Crippen molar-refractivity contribution < 1.29 is 17.9 Å². The summed E-state index contributed by atoms with van der Waals surface area (Å²) in [6, 6.07) is 7.34. The molecule has 0 saturated carbocycles. The summed E-state index contributed by atoms with van der Waals surface area (Å²) in [4.78, 5) is 14.8. The van der Waals surface area contributed by atoms with Gasteiger partial charge in [-0.1, -0.05) is 13.3 Å². The van der Waals surface area contributed by atoms with Crippen molar-refractivity contribution in [2.45, 2.75) is 58.1 Å². The van der Waals surface area contributed by atoms with E-state index < -0.39 is 16.1 Å². The first-order valence-electron chi connectivity index (χ1n) is 10.4. The highest BCUT2D eigenvalue weighted by atomic mass is 32.2. The van der Waals surface area contributed by atoms with E-state index in [1.165, 1.54) is 37.0 Å². The number of ether oxygens (including phenoxy) is 1. The van der Waals surface area contributed by atoms with Crippen LogP contribution in [0.4, 0.5) is 5.69 Å². The van der Waals surface area contributed by atoms with Crippen molar-refractivity contribution in [3.63, 3.8) is 0 Å². The highest BCUT2D eigenvalue weighted by Gasteiger charge is 2.20. The first kappa shape index (κ1) is 23.5. The number of nitrogens with zero attached hydrogens (tertiary/aromatic N) is 2. The van der Waals surface area contributed by atoms with E-state index in [2.05, 4.69) is 17.1 Å². The number of anilines is 1. The number of carbonyl (C=O) groups is 1. The van der Waals surface area contributed by atoms with Crippen LogP contribution in [-0.2, 0) is 14.8 Å². The van der Waals surface area contributed by atoms with Crippen molar-refractivity contribution in [2.75, 3.05) is 37.2 Å². The van der Waals surface area contributed by atoms with Crippen LogP contribution >= 0.6 is 0 Å². The molecule has 1 aromatic carbocycles. The minimum Gasteiger partial charge on any atom is -0.481 e. The second-order valence-electron chi connectivity index (χ2n) is 7.72. The minimum absolute atomic E-state index is 0.145. The van der Waals surface area contributed by atoms with Crippen molar-refractivity contribution in [3.05, 3.63) is 24.3 Å². The second kappa shape index (κ2) is 10.8. The molecule has 1 aliphatic rings. The van der Waals surface area contributed by atoms with E-state index in [4.69, 9.17) is 4.74 Å². The Hall–Kier alpha value is -1.80. The Balaban J connectivity index is 1.74. The van der Waals surface area contributed by atoms with Gasteiger partial charge in [0.15, 0.2) is 6.10 Å². The monoisotopic (exact) mass is 425 g/mol.